The van der Waals surface area contributed by atoms with E-state index < -0.39 is 35.5 Å². The Morgan fingerprint density at radius 1 is 1.16 bits per heavy atom. The Morgan fingerprint density at radius 3 is 2.66 bits per heavy atom. The molecule has 0 saturated heterocycles. The van der Waals surface area contributed by atoms with E-state index in [0.29, 0.717) is 29.1 Å². The molecule has 0 spiro atoms. The van der Waals surface area contributed by atoms with Crippen molar-refractivity contribution in [2.24, 2.45) is 0 Å². The van der Waals surface area contributed by atoms with Gasteiger partial charge in [-0.3, -0.25) is 5.10 Å². The summed E-state index contributed by atoms with van der Waals surface area (Å²) in [4.78, 5) is 20.3. The first-order valence-corrected chi connectivity index (χ1v) is 9.83. The maximum atomic E-state index is 14.5. The molecule has 3 aromatic heterocycles. The van der Waals surface area contributed by atoms with Crippen molar-refractivity contribution in [1.29, 1.82) is 0 Å². The minimum absolute atomic E-state index is 0.0943. The molecular weight excluding hydrogens is 425 g/mol. The number of imidazole rings is 1. The number of amides is 1. The lowest BCUT2D eigenvalue weighted by molar-refractivity contribution is 0.186. The highest BCUT2D eigenvalue weighted by Gasteiger charge is 2.35. The van der Waals surface area contributed by atoms with Gasteiger partial charge in [-0.25, -0.2) is 27.9 Å². The van der Waals surface area contributed by atoms with Gasteiger partial charge in [0.05, 0.1) is 5.69 Å². The topological polar surface area (TPSA) is 108 Å². The highest BCUT2D eigenvalue weighted by molar-refractivity contribution is 5.66. The highest BCUT2D eigenvalue weighted by Crippen LogP contribution is 2.35. The molecule has 11 heteroatoms. The number of halogens is 3. The number of carbonyl (C=O) groups is 1. The summed E-state index contributed by atoms with van der Waals surface area (Å²) >= 11 is 0. The maximum Gasteiger partial charge on any atom is 0.404 e. The van der Waals surface area contributed by atoms with E-state index in [4.69, 9.17) is 0 Å². The number of aromatic nitrogens is 5. The zero-order valence-electron chi connectivity index (χ0n) is 16.7. The van der Waals surface area contributed by atoms with Gasteiger partial charge in [0.1, 0.15) is 17.3 Å². The number of fused-ring (bicyclic) bond motifs is 3. The Morgan fingerprint density at radius 2 is 1.94 bits per heavy atom. The largest absolute Gasteiger partial charge is 0.465 e. The smallest absolute Gasteiger partial charge is 0.404 e. The molecule has 0 bridgehead atoms. The summed E-state index contributed by atoms with van der Waals surface area (Å²) in [6.45, 7) is 1.76. The lowest BCUT2D eigenvalue weighted by Crippen LogP contribution is -2.43. The molecule has 8 nitrogen and oxygen atoms in total. The summed E-state index contributed by atoms with van der Waals surface area (Å²) in [7, 11) is 0. The molecule has 1 amide bonds. The van der Waals surface area contributed by atoms with Crippen LogP contribution in [0.4, 0.5) is 18.0 Å². The minimum Gasteiger partial charge on any atom is -0.465 e. The fourth-order valence-electron chi connectivity index (χ4n) is 4.31. The molecule has 1 aliphatic rings. The lowest BCUT2D eigenvalue weighted by atomic mass is 9.80. The average molecular weight is 442 g/mol. The van der Waals surface area contributed by atoms with E-state index in [-0.39, 0.29) is 18.4 Å². The summed E-state index contributed by atoms with van der Waals surface area (Å²) in [5.74, 6) is -2.99. The second-order valence-corrected chi connectivity index (χ2v) is 7.74. The van der Waals surface area contributed by atoms with Crippen LogP contribution in [0.5, 0.6) is 0 Å². The molecule has 2 atom stereocenters. The summed E-state index contributed by atoms with van der Waals surface area (Å²) < 4.78 is 43.7. The Hall–Kier alpha value is -3.89. The molecule has 32 heavy (non-hydrogen) atoms. The predicted octanol–water partition coefficient (Wildman–Crippen LogP) is 3.36. The van der Waals surface area contributed by atoms with E-state index in [1.807, 2.05) is 16.5 Å². The van der Waals surface area contributed by atoms with E-state index in [2.05, 4.69) is 25.5 Å². The van der Waals surface area contributed by atoms with Crippen LogP contribution >= 0.6 is 0 Å². The Balaban J connectivity index is 1.58. The van der Waals surface area contributed by atoms with E-state index in [1.54, 1.807) is 13.1 Å². The predicted molar refractivity (Wildman–Crippen MR) is 107 cm³/mol. The normalized spacial score (nSPS) is 18.0. The number of H-pyrrole nitrogens is 1. The fraction of sp³-hybridized carbons (Fsp3) is 0.238. The second kappa shape index (κ2) is 7.36. The van der Waals surface area contributed by atoms with Gasteiger partial charge in [0.25, 0.3) is 0 Å². The minimum atomic E-state index is -1.30. The first-order valence-electron chi connectivity index (χ1n) is 9.83. The standard InChI is InChI=1S/C21H17F3N6O2/c1-9-25-20(29-28-9)10-2-3-30-18-8-16(27-21(31)32)12(6-17(18)26-19(30)4-10)11-5-14(23)15(24)7-13(11)22/h2-5,7,12,16,27H,6,8H2,1H3,(H,31,32)(H,25,28,29)/t12-,16+/m1/s1. The molecular formula is C21H17F3N6O2. The van der Waals surface area contributed by atoms with Crippen LogP contribution in [0.2, 0.25) is 0 Å². The van der Waals surface area contributed by atoms with Gasteiger partial charge in [-0.1, -0.05) is 0 Å². The van der Waals surface area contributed by atoms with Crippen molar-refractivity contribution in [2.75, 3.05) is 0 Å². The van der Waals surface area contributed by atoms with Crippen LogP contribution in [0.1, 0.15) is 28.7 Å². The van der Waals surface area contributed by atoms with Crippen LogP contribution in [-0.4, -0.2) is 41.8 Å². The number of carboxylic acid groups (broad SMARTS) is 1. The zero-order valence-corrected chi connectivity index (χ0v) is 16.7. The molecule has 0 aliphatic heterocycles. The molecule has 3 N–H and O–H groups in total. The molecule has 5 rings (SSSR count). The molecule has 1 aromatic carbocycles. The molecule has 1 aliphatic carbocycles. The molecule has 3 heterocycles. The van der Waals surface area contributed by atoms with Gasteiger partial charge in [0.15, 0.2) is 17.5 Å². The maximum absolute atomic E-state index is 14.5. The van der Waals surface area contributed by atoms with Crippen LogP contribution in [0.15, 0.2) is 30.5 Å². The van der Waals surface area contributed by atoms with Gasteiger partial charge >= 0.3 is 6.09 Å². The number of benzene rings is 1. The van der Waals surface area contributed by atoms with Gasteiger partial charge in [-0.2, -0.15) is 5.10 Å². The Labute approximate surface area is 179 Å². The third-order valence-electron chi connectivity index (χ3n) is 5.74. The van der Waals surface area contributed by atoms with Crippen LogP contribution in [-0.2, 0) is 12.8 Å². The van der Waals surface area contributed by atoms with Crippen LogP contribution in [0, 0.1) is 24.4 Å². The van der Waals surface area contributed by atoms with Crippen molar-refractivity contribution in [3.05, 3.63) is 70.7 Å². The van der Waals surface area contributed by atoms with Crippen molar-refractivity contribution in [1.82, 2.24) is 29.9 Å². The molecule has 0 radical (unpaired) electrons. The molecule has 0 unspecified atom stereocenters. The number of pyridine rings is 1. The van der Waals surface area contributed by atoms with Crippen molar-refractivity contribution < 1.29 is 23.1 Å². The Bertz CT molecular complexity index is 1370. The SMILES string of the molecule is Cc1n[nH]c(-c2ccn3c4c(nc3c2)C[C@H](c2cc(F)c(F)cc2F)[C@@H](NC(=O)O)C4)n1. The summed E-state index contributed by atoms with van der Waals surface area (Å²) in [6.07, 6.45) is 0.862. The summed E-state index contributed by atoms with van der Waals surface area (Å²) in [5.41, 5.74) is 2.67. The monoisotopic (exact) mass is 442 g/mol. The molecule has 4 aromatic rings. The number of rotatable bonds is 3. The van der Waals surface area contributed by atoms with Crippen LogP contribution < -0.4 is 5.32 Å². The number of aromatic amines is 1. The number of nitrogens with one attached hydrogen (secondary N) is 2. The number of nitrogens with zero attached hydrogens (tertiary/aromatic N) is 4. The van der Waals surface area contributed by atoms with Gasteiger partial charge in [0, 0.05) is 48.3 Å². The lowest BCUT2D eigenvalue weighted by Gasteiger charge is -2.31. The number of hydrogen-bond acceptors (Lipinski definition) is 4. The molecule has 164 valence electrons. The van der Waals surface area contributed by atoms with Gasteiger partial charge in [0.2, 0.25) is 0 Å². The average Bonchev–Trinajstić information content (AvgIpc) is 3.32. The molecule has 0 saturated carbocycles. The zero-order chi connectivity index (χ0) is 22.6. The Kier molecular flexibility index (Phi) is 4.61. The van der Waals surface area contributed by atoms with Crippen LogP contribution in [0.3, 0.4) is 0 Å². The van der Waals surface area contributed by atoms with E-state index in [0.717, 1.165) is 17.3 Å². The van der Waals surface area contributed by atoms with E-state index >= 15 is 0 Å². The highest BCUT2D eigenvalue weighted by atomic mass is 19.2. The third kappa shape index (κ3) is 3.35. The third-order valence-corrected chi connectivity index (χ3v) is 5.74. The van der Waals surface area contributed by atoms with Crippen molar-refractivity contribution in [2.45, 2.75) is 31.7 Å². The number of hydrogen-bond donors (Lipinski definition) is 3. The second-order valence-electron chi connectivity index (χ2n) is 7.74. The molecule has 0 fully saturated rings. The quantitative estimate of drug-likeness (QED) is 0.422. The van der Waals surface area contributed by atoms with Crippen molar-refractivity contribution >= 4 is 11.7 Å². The first-order chi connectivity index (χ1) is 15.3. The summed E-state index contributed by atoms with van der Waals surface area (Å²) in [6, 6.07) is 4.15. The summed E-state index contributed by atoms with van der Waals surface area (Å²) in [5, 5.41) is 18.6. The van der Waals surface area contributed by atoms with Gasteiger partial charge in [-0.05, 0) is 30.7 Å². The first kappa shape index (κ1) is 20.0. The van der Waals surface area contributed by atoms with Crippen molar-refractivity contribution in [3.63, 3.8) is 0 Å². The van der Waals surface area contributed by atoms with Gasteiger partial charge < -0.3 is 14.8 Å². The number of aryl methyl sites for hydroxylation is 1. The van der Waals surface area contributed by atoms with Crippen molar-refractivity contribution in [3.8, 4) is 11.4 Å². The van der Waals surface area contributed by atoms with E-state index in [9.17, 15) is 23.1 Å². The van der Waals surface area contributed by atoms with Gasteiger partial charge in [-0.15, -0.1) is 0 Å². The fourth-order valence-corrected chi connectivity index (χ4v) is 4.31. The van der Waals surface area contributed by atoms with Crippen LogP contribution in [0.25, 0.3) is 17.0 Å². The van der Waals surface area contributed by atoms with E-state index in [1.165, 1.54) is 0 Å².